The molecule has 0 amide bonds. The number of carbonyl (C=O) groups is 2. The Bertz CT molecular complexity index is 1210. The van der Waals surface area contributed by atoms with Crippen LogP contribution in [0, 0.1) is 20.8 Å². The van der Waals surface area contributed by atoms with Crippen LogP contribution in [-0.4, -0.2) is 30.5 Å². The molecule has 0 heterocycles. The van der Waals surface area contributed by atoms with Gasteiger partial charge in [0.25, 0.3) is 0 Å². The van der Waals surface area contributed by atoms with E-state index in [4.69, 9.17) is 9.47 Å². The summed E-state index contributed by atoms with van der Waals surface area (Å²) in [6.45, 7) is 0. The van der Waals surface area contributed by atoms with Gasteiger partial charge >= 0.3 is 11.9 Å². The van der Waals surface area contributed by atoms with Crippen LogP contribution in [0.25, 0.3) is 0 Å². The molecule has 2 aromatic carbocycles. The molecule has 2 atom stereocenters. The van der Waals surface area contributed by atoms with Crippen LogP contribution in [0.5, 0.6) is 5.75 Å². The van der Waals surface area contributed by atoms with E-state index in [1.807, 2.05) is 12.1 Å². The molecule has 2 aromatic rings. The molecule has 33 heavy (non-hydrogen) atoms. The number of esters is 2. The van der Waals surface area contributed by atoms with Crippen molar-refractivity contribution in [2.45, 2.75) is 49.0 Å². The lowest BCUT2D eigenvalue weighted by atomic mass is 9.48. The Labute approximate surface area is 205 Å². The molecule has 0 saturated heterocycles. The number of rotatable bonds is 5. The number of ether oxygens (including phenoxy) is 2. The number of carbonyl (C=O) groups excluding carboxylic acids is 2. The minimum atomic E-state index is -4.57. The zero-order valence-electron chi connectivity index (χ0n) is 17.7. The van der Waals surface area contributed by atoms with E-state index in [0.29, 0.717) is 24.8 Å². The van der Waals surface area contributed by atoms with Crippen LogP contribution in [0.1, 0.15) is 48.9 Å². The minimum absolute atomic E-state index is 0.188. The highest BCUT2D eigenvalue weighted by molar-refractivity contribution is 14.1. The maximum Gasteiger partial charge on any atom is 0.338 e. The fourth-order valence-corrected chi connectivity index (χ4v) is 7.31. The molecule has 0 aliphatic heterocycles. The fraction of sp³-hybridized carbons (Fsp3) is 0.417. The Balaban J connectivity index is 1.36. The maximum absolute atomic E-state index is 13.3. The largest absolute Gasteiger partial charge is 0.744 e. The normalized spacial score (nSPS) is 30.1. The van der Waals surface area contributed by atoms with E-state index >= 15 is 0 Å². The van der Waals surface area contributed by atoms with Crippen LogP contribution in [0.4, 0.5) is 0 Å². The van der Waals surface area contributed by atoms with Gasteiger partial charge in [0.15, 0.2) is 0 Å². The number of benzene rings is 2. The standard InChI is InChI=1S/C24H23IO7S/c25-18-3-1-2-17(9-18)21(26)32-24-12-15-8-16(13-24)11-23(10-15,14-24)22(27)31-19-4-6-20(7-5-19)33(28,29)30/h1-7,9,15-16H,8,10-14H2,(H,28,29,30)/p-1. The zero-order chi connectivity index (χ0) is 23.4. The monoisotopic (exact) mass is 581 g/mol. The highest BCUT2D eigenvalue weighted by Crippen LogP contribution is 2.63. The van der Waals surface area contributed by atoms with Gasteiger partial charge in [0.2, 0.25) is 0 Å². The molecular weight excluding hydrogens is 559 g/mol. The quantitative estimate of drug-likeness (QED) is 0.224. The second-order valence-corrected chi connectivity index (χ2v) is 12.3. The molecule has 0 N–H and O–H groups in total. The molecular formula is C24H22IO7S-. The summed E-state index contributed by atoms with van der Waals surface area (Å²) in [6, 6.07) is 12.2. The van der Waals surface area contributed by atoms with Crippen LogP contribution >= 0.6 is 22.6 Å². The van der Waals surface area contributed by atoms with Crippen LogP contribution in [0.2, 0.25) is 0 Å². The van der Waals surface area contributed by atoms with Gasteiger partial charge in [-0.15, -0.1) is 0 Å². The Morgan fingerprint density at radius 3 is 2.27 bits per heavy atom. The summed E-state index contributed by atoms with van der Waals surface area (Å²) < 4.78 is 46.1. The van der Waals surface area contributed by atoms with Gasteiger partial charge in [-0.1, -0.05) is 6.07 Å². The summed E-state index contributed by atoms with van der Waals surface area (Å²) in [5.74, 6) is 0.0106. The van der Waals surface area contributed by atoms with Crippen molar-refractivity contribution in [3.8, 4) is 5.75 Å². The summed E-state index contributed by atoms with van der Waals surface area (Å²) in [5, 5.41) is 0. The molecule has 174 valence electrons. The minimum Gasteiger partial charge on any atom is -0.744 e. The van der Waals surface area contributed by atoms with Crippen molar-refractivity contribution < 1.29 is 32.0 Å². The lowest BCUT2D eigenvalue weighted by Crippen LogP contribution is -2.60. The summed E-state index contributed by atoms with van der Waals surface area (Å²) in [4.78, 5) is 25.9. The van der Waals surface area contributed by atoms with Crippen LogP contribution in [0.15, 0.2) is 53.4 Å². The lowest BCUT2D eigenvalue weighted by Gasteiger charge is -2.59. The van der Waals surface area contributed by atoms with Crippen molar-refractivity contribution in [2.75, 3.05) is 0 Å². The van der Waals surface area contributed by atoms with E-state index in [1.54, 1.807) is 12.1 Å². The van der Waals surface area contributed by atoms with E-state index in [-0.39, 0.29) is 34.4 Å². The first-order valence-electron chi connectivity index (χ1n) is 10.8. The average molecular weight is 581 g/mol. The SMILES string of the molecule is O=C(OC12CC3CC(C1)CC(C(=O)Oc1ccc(S(=O)(=O)[O-])cc1)(C3)C2)c1cccc(I)c1. The molecule has 4 aliphatic rings. The number of halogens is 1. The highest BCUT2D eigenvalue weighted by atomic mass is 127. The second kappa shape index (κ2) is 8.06. The Morgan fingerprint density at radius 2 is 1.67 bits per heavy atom. The van der Waals surface area contributed by atoms with E-state index in [9.17, 15) is 22.6 Å². The van der Waals surface area contributed by atoms with Crippen LogP contribution in [-0.2, 0) is 19.6 Å². The van der Waals surface area contributed by atoms with Crippen molar-refractivity contribution in [3.63, 3.8) is 0 Å². The Hall–Kier alpha value is -1.98. The third-order valence-corrected chi connectivity index (χ3v) is 8.65. The van der Waals surface area contributed by atoms with Gasteiger partial charge in [-0.25, -0.2) is 13.2 Å². The van der Waals surface area contributed by atoms with Crippen LogP contribution in [0.3, 0.4) is 0 Å². The first kappa shape index (κ1) is 22.8. The molecule has 7 nitrogen and oxygen atoms in total. The molecule has 4 aliphatic carbocycles. The van der Waals surface area contributed by atoms with Crippen LogP contribution < -0.4 is 4.74 Å². The van der Waals surface area contributed by atoms with E-state index in [1.165, 1.54) is 12.1 Å². The first-order valence-corrected chi connectivity index (χ1v) is 13.3. The Kier molecular flexibility index (Phi) is 5.56. The summed E-state index contributed by atoms with van der Waals surface area (Å²) in [6.07, 6.45) is 4.34. The Morgan fingerprint density at radius 1 is 1.00 bits per heavy atom. The van der Waals surface area contributed by atoms with Crippen molar-refractivity contribution in [1.82, 2.24) is 0 Å². The fourth-order valence-electron chi connectivity index (χ4n) is 6.30. The smallest absolute Gasteiger partial charge is 0.338 e. The van der Waals surface area contributed by atoms with Crippen molar-refractivity contribution in [1.29, 1.82) is 0 Å². The van der Waals surface area contributed by atoms with Gasteiger partial charge in [-0.3, -0.25) is 4.79 Å². The molecule has 2 unspecified atom stereocenters. The van der Waals surface area contributed by atoms with Crippen molar-refractivity contribution in [2.24, 2.45) is 17.3 Å². The maximum atomic E-state index is 13.3. The molecule has 4 fully saturated rings. The van der Waals surface area contributed by atoms with Crippen molar-refractivity contribution >= 4 is 44.6 Å². The van der Waals surface area contributed by atoms with E-state index in [0.717, 1.165) is 35.0 Å². The predicted molar refractivity (Wildman–Crippen MR) is 124 cm³/mol. The third kappa shape index (κ3) is 4.42. The molecule has 4 bridgehead atoms. The van der Waals surface area contributed by atoms with Gasteiger partial charge in [0.05, 0.1) is 15.9 Å². The van der Waals surface area contributed by atoms with Gasteiger partial charge in [0.1, 0.15) is 21.5 Å². The summed E-state index contributed by atoms with van der Waals surface area (Å²) in [7, 11) is -4.57. The first-order chi connectivity index (χ1) is 15.6. The molecule has 4 saturated carbocycles. The second-order valence-electron chi connectivity index (χ2n) is 9.64. The van der Waals surface area contributed by atoms with Gasteiger partial charge in [-0.2, -0.15) is 0 Å². The van der Waals surface area contributed by atoms with E-state index < -0.39 is 21.1 Å². The third-order valence-electron chi connectivity index (χ3n) is 7.13. The molecule has 0 aromatic heterocycles. The average Bonchev–Trinajstić information content (AvgIpc) is 2.72. The van der Waals surface area contributed by atoms with Gasteiger partial charge in [0, 0.05) is 9.99 Å². The van der Waals surface area contributed by atoms with E-state index in [2.05, 4.69) is 22.6 Å². The summed E-state index contributed by atoms with van der Waals surface area (Å²) in [5.41, 5.74) is -0.913. The topological polar surface area (TPSA) is 110 Å². The molecule has 0 spiro atoms. The zero-order valence-corrected chi connectivity index (χ0v) is 20.6. The number of hydrogen-bond acceptors (Lipinski definition) is 7. The summed E-state index contributed by atoms with van der Waals surface area (Å²) >= 11 is 2.16. The van der Waals surface area contributed by atoms with Gasteiger partial charge in [-0.05, 0) is 109 Å². The molecule has 0 radical (unpaired) electrons. The number of hydrogen-bond donors (Lipinski definition) is 0. The molecule has 6 rings (SSSR count). The van der Waals surface area contributed by atoms with Crippen molar-refractivity contribution in [3.05, 3.63) is 57.7 Å². The molecule has 9 heteroatoms. The van der Waals surface area contributed by atoms with Gasteiger partial charge < -0.3 is 14.0 Å². The highest BCUT2D eigenvalue weighted by Gasteiger charge is 2.63. The predicted octanol–water partition coefficient (Wildman–Crippen LogP) is 4.30. The lowest BCUT2D eigenvalue weighted by molar-refractivity contribution is -0.189.